The Morgan fingerprint density at radius 2 is 1.86 bits per heavy atom. The van der Waals surface area contributed by atoms with Crippen LogP contribution in [0.4, 0.5) is 4.39 Å². The molecular weight excluding hydrogens is 379 g/mol. The number of sulfonamides is 1. The van der Waals surface area contributed by atoms with E-state index in [0.29, 0.717) is 25.9 Å². The zero-order valence-corrected chi connectivity index (χ0v) is 17.0. The van der Waals surface area contributed by atoms with Crippen LogP contribution in [-0.4, -0.2) is 43.7 Å². The Bertz CT molecular complexity index is 944. The molecule has 2 aromatic rings. The van der Waals surface area contributed by atoms with Crippen LogP contribution in [0.5, 0.6) is 0 Å². The molecule has 150 valence electrons. The fourth-order valence-corrected chi connectivity index (χ4v) is 5.07. The molecule has 1 aliphatic rings. The molecule has 1 heterocycles. The van der Waals surface area contributed by atoms with Crippen molar-refractivity contribution in [3.8, 4) is 0 Å². The lowest BCUT2D eigenvalue weighted by atomic mass is 9.98. The molecule has 0 aliphatic carbocycles. The Morgan fingerprint density at radius 3 is 2.54 bits per heavy atom. The molecule has 28 heavy (non-hydrogen) atoms. The lowest BCUT2D eigenvalue weighted by Gasteiger charge is -2.33. The van der Waals surface area contributed by atoms with E-state index in [2.05, 4.69) is 0 Å². The molecule has 0 N–H and O–H groups in total. The van der Waals surface area contributed by atoms with Crippen LogP contribution in [0.1, 0.15) is 24.0 Å². The number of nitrogens with zero attached hydrogens (tertiary/aromatic N) is 2. The van der Waals surface area contributed by atoms with E-state index in [9.17, 15) is 17.6 Å². The number of amides is 1. The zero-order chi connectivity index (χ0) is 20.3. The molecule has 7 heteroatoms. The number of rotatable bonds is 5. The van der Waals surface area contributed by atoms with Gasteiger partial charge in [-0.15, -0.1) is 0 Å². The first kappa shape index (κ1) is 20.5. The van der Waals surface area contributed by atoms with E-state index < -0.39 is 15.8 Å². The third kappa shape index (κ3) is 4.42. The van der Waals surface area contributed by atoms with Crippen LogP contribution in [0.15, 0.2) is 53.4 Å². The highest BCUT2D eigenvalue weighted by atomic mass is 32.2. The fourth-order valence-electron chi connectivity index (χ4n) is 3.55. The predicted molar refractivity (Wildman–Crippen MR) is 106 cm³/mol. The van der Waals surface area contributed by atoms with Crippen molar-refractivity contribution in [1.29, 1.82) is 0 Å². The van der Waals surface area contributed by atoms with Gasteiger partial charge in [0.15, 0.2) is 0 Å². The van der Waals surface area contributed by atoms with Crippen molar-refractivity contribution in [3.63, 3.8) is 0 Å². The summed E-state index contributed by atoms with van der Waals surface area (Å²) in [6, 6.07) is 12.7. The van der Waals surface area contributed by atoms with Crippen LogP contribution < -0.4 is 0 Å². The average molecular weight is 405 g/mol. The van der Waals surface area contributed by atoms with Crippen LogP contribution in [0.2, 0.25) is 0 Å². The summed E-state index contributed by atoms with van der Waals surface area (Å²) in [5, 5.41) is 0. The van der Waals surface area contributed by atoms with Gasteiger partial charge >= 0.3 is 0 Å². The first-order valence-electron chi connectivity index (χ1n) is 9.34. The van der Waals surface area contributed by atoms with Gasteiger partial charge in [-0.05, 0) is 55.2 Å². The number of carbonyl (C=O) groups is 1. The van der Waals surface area contributed by atoms with Crippen molar-refractivity contribution in [1.82, 2.24) is 9.21 Å². The second-order valence-electron chi connectivity index (χ2n) is 7.28. The summed E-state index contributed by atoms with van der Waals surface area (Å²) in [6.45, 7) is 3.01. The van der Waals surface area contributed by atoms with Crippen molar-refractivity contribution in [2.24, 2.45) is 5.92 Å². The van der Waals surface area contributed by atoms with Crippen LogP contribution in [0.25, 0.3) is 0 Å². The summed E-state index contributed by atoms with van der Waals surface area (Å²) in [4.78, 5) is 14.6. The van der Waals surface area contributed by atoms with Crippen molar-refractivity contribution in [3.05, 3.63) is 65.5 Å². The minimum atomic E-state index is -3.74. The summed E-state index contributed by atoms with van der Waals surface area (Å²) in [7, 11) is -1.99. The predicted octanol–water partition coefficient (Wildman–Crippen LogP) is 3.19. The molecule has 1 amide bonds. The summed E-state index contributed by atoms with van der Waals surface area (Å²) in [5.41, 5.74) is 2.19. The first-order valence-corrected chi connectivity index (χ1v) is 10.8. The monoisotopic (exact) mass is 404 g/mol. The molecule has 0 bridgehead atoms. The molecule has 1 fully saturated rings. The van der Waals surface area contributed by atoms with Crippen molar-refractivity contribution >= 4 is 15.9 Å². The van der Waals surface area contributed by atoms with Crippen LogP contribution in [0, 0.1) is 18.7 Å². The van der Waals surface area contributed by atoms with E-state index in [-0.39, 0.29) is 23.3 Å². The minimum Gasteiger partial charge on any atom is -0.341 e. The van der Waals surface area contributed by atoms with Crippen molar-refractivity contribution in [2.45, 2.75) is 31.2 Å². The smallest absolute Gasteiger partial charge is 0.243 e. The lowest BCUT2D eigenvalue weighted by Crippen LogP contribution is -2.45. The van der Waals surface area contributed by atoms with Gasteiger partial charge in [-0.2, -0.15) is 4.31 Å². The van der Waals surface area contributed by atoms with Gasteiger partial charge in [0.05, 0.1) is 10.8 Å². The molecule has 1 saturated heterocycles. The van der Waals surface area contributed by atoms with Crippen molar-refractivity contribution < 1.29 is 17.6 Å². The molecule has 0 saturated carbocycles. The van der Waals surface area contributed by atoms with Gasteiger partial charge < -0.3 is 4.90 Å². The molecule has 5 nitrogen and oxygen atoms in total. The van der Waals surface area contributed by atoms with Gasteiger partial charge in [-0.1, -0.05) is 24.3 Å². The number of hydrogen-bond acceptors (Lipinski definition) is 3. The molecular formula is C21H25FN2O3S. The molecule has 0 unspecified atom stereocenters. The van der Waals surface area contributed by atoms with E-state index in [0.717, 1.165) is 23.3 Å². The standard InChI is InChI=1S/C21H25FN2O3S/c1-16-6-3-4-7-17(16)14-23(2)21(25)18-8-5-13-24(15-18)28(26,27)20-11-9-19(22)10-12-20/h3-4,6-7,9-12,18H,5,8,13-15H2,1-2H3/t18-/m0/s1. The van der Waals surface area contributed by atoms with E-state index in [1.165, 1.54) is 16.4 Å². The largest absolute Gasteiger partial charge is 0.341 e. The maximum absolute atomic E-state index is 13.1. The summed E-state index contributed by atoms with van der Waals surface area (Å²) < 4.78 is 40.2. The van der Waals surface area contributed by atoms with E-state index in [1.54, 1.807) is 11.9 Å². The van der Waals surface area contributed by atoms with Gasteiger partial charge in [0.2, 0.25) is 15.9 Å². The molecule has 1 aliphatic heterocycles. The molecule has 2 aromatic carbocycles. The summed E-state index contributed by atoms with van der Waals surface area (Å²) >= 11 is 0. The van der Waals surface area contributed by atoms with Gasteiger partial charge in [0, 0.05) is 26.7 Å². The highest BCUT2D eigenvalue weighted by Gasteiger charge is 2.34. The number of halogens is 1. The van der Waals surface area contributed by atoms with Crippen molar-refractivity contribution in [2.75, 3.05) is 20.1 Å². The first-order chi connectivity index (χ1) is 13.3. The van der Waals surface area contributed by atoms with Gasteiger partial charge in [-0.3, -0.25) is 4.79 Å². The van der Waals surface area contributed by atoms with E-state index >= 15 is 0 Å². The van der Waals surface area contributed by atoms with Gasteiger partial charge in [-0.25, -0.2) is 12.8 Å². The molecule has 0 spiro atoms. The Labute approximate surface area is 165 Å². The Morgan fingerprint density at radius 1 is 1.18 bits per heavy atom. The Balaban J connectivity index is 1.71. The molecule has 0 aromatic heterocycles. The van der Waals surface area contributed by atoms with Gasteiger partial charge in [0.1, 0.15) is 5.82 Å². The second-order valence-corrected chi connectivity index (χ2v) is 9.21. The maximum atomic E-state index is 13.1. The average Bonchev–Trinajstić information content (AvgIpc) is 2.69. The SMILES string of the molecule is Cc1ccccc1CN(C)C(=O)[C@H]1CCCN(S(=O)(=O)c2ccc(F)cc2)C1. The number of carbonyl (C=O) groups excluding carboxylic acids is 1. The van der Waals surface area contributed by atoms with Crippen LogP contribution in [0.3, 0.4) is 0 Å². The lowest BCUT2D eigenvalue weighted by molar-refractivity contribution is -0.135. The third-order valence-corrected chi connectivity index (χ3v) is 7.11. The van der Waals surface area contributed by atoms with E-state index in [1.807, 2.05) is 31.2 Å². The summed E-state index contributed by atoms with van der Waals surface area (Å²) in [5.74, 6) is -0.913. The topological polar surface area (TPSA) is 57.7 Å². The molecule has 0 radical (unpaired) electrons. The molecule has 1 atom stereocenters. The Kier molecular flexibility index (Phi) is 6.15. The third-order valence-electron chi connectivity index (χ3n) is 5.23. The number of aryl methyl sites for hydroxylation is 1. The number of piperidine rings is 1. The highest BCUT2D eigenvalue weighted by Crippen LogP contribution is 2.25. The zero-order valence-electron chi connectivity index (χ0n) is 16.1. The fraction of sp³-hybridized carbons (Fsp3) is 0.381. The number of hydrogen-bond donors (Lipinski definition) is 0. The summed E-state index contributed by atoms with van der Waals surface area (Å²) in [6.07, 6.45) is 1.28. The Hall–Kier alpha value is -2.25. The minimum absolute atomic E-state index is 0.0512. The quantitative estimate of drug-likeness (QED) is 0.769. The molecule has 3 rings (SSSR count). The highest BCUT2D eigenvalue weighted by molar-refractivity contribution is 7.89. The van der Waals surface area contributed by atoms with E-state index in [4.69, 9.17) is 0 Å². The maximum Gasteiger partial charge on any atom is 0.243 e. The van der Waals surface area contributed by atoms with Crippen LogP contribution in [-0.2, 0) is 21.4 Å². The normalized spacial score (nSPS) is 18.0. The van der Waals surface area contributed by atoms with Crippen LogP contribution >= 0.6 is 0 Å². The second kappa shape index (κ2) is 8.41. The van der Waals surface area contributed by atoms with Gasteiger partial charge in [0.25, 0.3) is 0 Å². The number of benzene rings is 2.